The fourth-order valence-electron chi connectivity index (χ4n) is 1.55. The highest BCUT2D eigenvalue weighted by Gasteiger charge is 2.15. The Hall–Kier alpha value is -1.84. The standard InChI is InChI=1S/C10H9NO3/c1-5-3-4-7(10(12)13)9-8(5)6(2)11-14-9/h3-4H,1-2H3,(H,12,13). The van der Waals surface area contributed by atoms with E-state index in [1.54, 1.807) is 13.0 Å². The van der Waals surface area contributed by atoms with Crippen LogP contribution in [0.15, 0.2) is 16.7 Å². The van der Waals surface area contributed by atoms with Gasteiger partial charge < -0.3 is 9.63 Å². The fourth-order valence-corrected chi connectivity index (χ4v) is 1.55. The van der Waals surface area contributed by atoms with Gasteiger partial charge in [-0.15, -0.1) is 0 Å². The van der Waals surface area contributed by atoms with Crippen LogP contribution >= 0.6 is 0 Å². The van der Waals surface area contributed by atoms with Gasteiger partial charge in [-0.2, -0.15) is 0 Å². The summed E-state index contributed by atoms with van der Waals surface area (Å²) in [4.78, 5) is 10.8. The third-order valence-corrected chi connectivity index (χ3v) is 2.23. The molecule has 1 heterocycles. The van der Waals surface area contributed by atoms with Crippen molar-refractivity contribution in [1.29, 1.82) is 0 Å². The normalized spacial score (nSPS) is 10.7. The van der Waals surface area contributed by atoms with Gasteiger partial charge in [0.25, 0.3) is 0 Å². The first-order valence-electron chi connectivity index (χ1n) is 4.20. The van der Waals surface area contributed by atoms with E-state index in [1.807, 2.05) is 6.92 Å². The fraction of sp³-hybridized carbons (Fsp3) is 0.200. The SMILES string of the molecule is Cc1ccc(C(=O)O)c2onc(C)c12. The predicted molar refractivity (Wildman–Crippen MR) is 50.4 cm³/mol. The molecule has 0 aliphatic rings. The summed E-state index contributed by atoms with van der Waals surface area (Å²) in [5.74, 6) is -0.994. The zero-order valence-electron chi connectivity index (χ0n) is 7.87. The van der Waals surface area contributed by atoms with Gasteiger partial charge >= 0.3 is 5.97 Å². The molecule has 72 valence electrons. The van der Waals surface area contributed by atoms with E-state index >= 15 is 0 Å². The first-order chi connectivity index (χ1) is 6.61. The molecular weight excluding hydrogens is 182 g/mol. The second kappa shape index (κ2) is 2.83. The Balaban J connectivity index is 2.90. The summed E-state index contributed by atoms with van der Waals surface area (Å²) >= 11 is 0. The third kappa shape index (κ3) is 1.08. The number of hydrogen-bond donors (Lipinski definition) is 1. The maximum atomic E-state index is 10.8. The summed E-state index contributed by atoms with van der Waals surface area (Å²) in [5, 5.41) is 13.5. The number of carbonyl (C=O) groups is 1. The van der Waals surface area contributed by atoms with Crippen molar-refractivity contribution in [2.45, 2.75) is 13.8 Å². The molecular formula is C10H9NO3. The van der Waals surface area contributed by atoms with Crippen molar-refractivity contribution in [3.63, 3.8) is 0 Å². The zero-order valence-corrected chi connectivity index (χ0v) is 7.87. The lowest BCUT2D eigenvalue weighted by Crippen LogP contribution is -1.96. The number of benzene rings is 1. The third-order valence-electron chi connectivity index (χ3n) is 2.23. The number of rotatable bonds is 1. The Kier molecular flexibility index (Phi) is 1.77. The maximum absolute atomic E-state index is 10.8. The minimum atomic E-state index is -0.994. The maximum Gasteiger partial charge on any atom is 0.339 e. The molecule has 0 bridgehead atoms. The van der Waals surface area contributed by atoms with Crippen molar-refractivity contribution in [3.05, 3.63) is 29.0 Å². The largest absolute Gasteiger partial charge is 0.478 e. The number of hydrogen-bond acceptors (Lipinski definition) is 3. The number of aryl methyl sites for hydroxylation is 2. The molecule has 4 nitrogen and oxygen atoms in total. The first kappa shape index (κ1) is 8.74. The number of carboxylic acid groups (broad SMARTS) is 1. The summed E-state index contributed by atoms with van der Waals surface area (Å²) in [6, 6.07) is 3.29. The van der Waals surface area contributed by atoms with Crippen molar-refractivity contribution in [3.8, 4) is 0 Å². The van der Waals surface area contributed by atoms with E-state index in [2.05, 4.69) is 5.16 Å². The topological polar surface area (TPSA) is 63.3 Å². The molecule has 0 atom stereocenters. The molecule has 0 unspecified atom stereocenters. The van der Waals surface area contributed by atoms with E-state index in [-0.39, 0.29) is 5.56 Å². The highest BCUT2D eigenvalue weighted by Crippen LogP contribution is 2.25. The van der Waals surface area contributed by atoms with Crippen molar-refractivity contribution in [2.75, 3.05) is 0 Å². The van der Waals surface area contributed by atoms with Gasteiger partial charge in [-0.25, -0.2) is 4.79 Å². The molecule has 0 aliphatic heterocycles. The van der Waals surface area contributed by atoms with E-state index in [0.717, 1.165) is 16.6 Å². The number of fused-ring (bicyclic) bond motifs is 1. The molecule has 1 N–H and O–H groups in total. The lowest BCUT2D eigenvalue weighted by Gasteiger charge is -1.97. The van der Waals surface area contributed by atoms with Crippen LogP contribution < -0.4 is 0 Å². The Morgan fingerprint density at radius 2 is 2.14 bits per heavy atom. The van der Waals surface area contributed by atoms with Crippen molar-refractivity contribution in [2.24, 2.45) is 0 Å². The van der Waals surface area contributed by atoms with Crippen LogP contribution in [0.5, 0.6) is 0 Å². The van der Waals surface area contributed by atoms with Crippen LogP contribution in [0.25, 0.3) is 11.0 Å². The molecule has 4 heteroatoms. The van der Waals surface area contributed by atoms with Crippen LogP contribution in [0.2, 0.25) is 0 Å². The number of aromatic nitrogens is 1. The molecule has 0 radical (unpaired) electrons. The molecule has 0 saturated heterocycles. The van der Waals surface area contributed by atoms with Crippen molar-refractivity contribution in [1.82, 2.24) is 5.16 Å². The molecule has 1 aromatic heterocycles. The average molecular weight is 191 g/mol. The lowest BCUT2D eigenvalue weighted by atomic mass is 10.1. The molecule has 0 spiro atoms. The van der Waals surface area contributed by atoms with E-state index in [1.165, 1.54) is 6.07 Å². The minimum absolute atomic E-state index is 0.159. The molecule has 0 fully saturated rings. The van der Waals surface area contributed by atoms with E-state index in [0.29, 0.717) is 5.58 Å². The van der Waals surface area contributed by atoms with Crippen LogP contribution in [0.1, 0.15) is 21.6 Å². The Morgan fingerprint density at radius 1 is 1.43 bits per heavy atom. The Labute approximate surface area is 80.1 Å². The summed E-state index contributed by atoms with van der Waals surface area (Å²) < 4.78 is 4.99. The highest BCUT2D eigenvalue weighted by atomic mass is 16.5. The quantitative estimate of drug-likeness (QED) is 0.750. The van der Waals surface area contributed by atoms with Crippen molar-refractivity contribution >= 4 is 16.9 Å². The second-order valence-corrected chi connectivity index (χ2v) is 3.21. The zero-order chi connectivity index (χ0) is 10.3. The molecule has 0 amide bonds. The van der Waals surface area contributed by atoms with Gasteiger partial charge in [-0.3, -0.25) is 0 Å². The Bertz CT molecular complexity index is 513. The highest BCUT2D eigenvalue weighted by molar-refractivity contribution is 6.02. The van der Waals surface area contributed by atoms with Crippen LogP contribution in [0.4, 0.5) is 0 Å². The molecule has 2 aromatic rings. The van der Waals surface area contributed by atoms with Crippen LogP contribution in [0.3, 0.4) is 0 Å². The van der Waals surface area contributed by atoms with Gasteiger partial charge in [0.1, 0.15) is 5.56 Å². The van der Waals surface area contributed by atoms with Crippen molar-refractivity contribution < 1.29 is 14.4 Å². The van der Waals surface area contributed by atoms with Crippen LogP contribution in [0, 0.1) is 13.8 Å². The van der Waals surface area contributed by atoms with Crippen LogP contribution in [-0.2, 0) is 0 Å². The van der Waals surface area contributed by atoms with Gasteiger partial charge in [0.2, 0.25) is 0 Å². The summed E-state index contributed by atoms with van der Waals surface area (Å²) in [6.45, 7) is 3.70. The summed E-state index contributed by atoms with van der Waals surface area (Å²) in [7, 11) is 0. The number of nitrogens with zero attached hydrogens (tertiary/aromatic N) is 1. The van der Waals surface area contributed by atoms with Crippen LogP contribution in [-0.4, -0.2) is 16.2 Å². The van der Waals surface area contributed by atoms with Gasteiger partial charge in [0.05, 0.1) is 5.69 Å². The molecule has 14 heavy (non-hydrogen) atoms. The number of aromatic carboxylic acids is 1. The minimum Gasteiger partial charge on any atom is -0.478 e. The van der Waals surface area contributed by atoms with E-state index in [4.69, 9.17) is 9.63 Å². The first-order valence-corrected chi connectivity index (χ1v) is 4.20. The molecule has 1 aromatic carbocycles. The molecule has 0 saturated carbocycles. The smallest absolute Gasteiger partial charge is 0.339 e. The van der Waals surface area contributed by atoms with E-state index in [9.17, 15) is 4.79 Å². The summed E-state index contributed by atoms with van der Waals surface area (Å²) in [5.41, 5.74) is 2.21. The lowest BCUT2D eigenvalue weighted by molar-refractivity contribution is 0.0697. The van der Waals surface area contributed by atoms with Gasteiger partial charge in [0, 0.05) is 5.39 Å². The van der Waals surface area contributed by atoms with Gasteiger partial charge in [0.15, 0.2) is 5.58 Å². The second-order valence-electron chi connectivity index (χ2n) is 3.21. The number of carboxylic acids is 1. The Morgan fingerprint density at radius 3 is 2.79 bits per heavy atom. The van der Waals surface area contributed by atoms with E-state index < -0.39 is 5.97 Å². The predicted octanol–water partition coefficient (Wildman–Crippen LogP) is 2.14. The average Bonchev–Trinajstić information content (AvgIpc) is 2.49. The molecule has 2 rings (SSSR count). The van der Waals surface area contributed by atoms with Gasteiger partial charge in [-0.05, 0) is 25.5 Å². The molecule has 0 aliphatic carbocycles. The van der Waals surface area contributed by atoms with Gasteiger partial charge in [-0.1, -0.05) is 11.2 Å². The summed E-state index contributed by atoms with van der Waals surface area (Å²) in [6.07, 6.45) is 0. The monoisotopic (exact) mass is 191 g/mol.